The molecule has 0 saturated carbocycles. The summed E-state index contributed by atoms with van der Waals surface area (Å²) in [5, 5.41) is 6.96. The van der Waals surface area contributed by atoms with E-state index in [0.29, 0.717) is 19.0 Å². The standard InChI is InChI=1S/C38H50FN5O2/c1-24-18-26(3)42-29(6)35(24)22-40-28(5)32-19-33(30-8-9-36(41-21-30)44-14-16-45-17-15-44)34-20-38(7,46-37(34)27(32)4)31-10-12-43(13-11-31)23-25(2)39/h8-9,18-19,21,25,31,40,42H,5-6,10-17,20,22-23H2,1-4,7H3. The Balaban J connectivity index is 1.31. The fourth-order valence-corrected chi connectivity index (χ4v) is 7.69. The maximum absolute atomic E-state index is 13.7. The molecule has 1 aromatic heterocycles. The predicted molar refractivity (Wildman–Crippen MR) is 186 cm³/mol. The molecule has 2 N–H and O–H groups in total. The topological polar surface area (TPSA) is 61.9 Å². The van der Waals surface area contributed by atoms with Gasteiger partial charge in [0, 0.05) is 84.1 Å². The van der Waals surface area contributed by atoms with Crippen LogP contribution in [-0.4, -0.2) is 74.1 Å². The minimum absolute atomic E-state index is 0.332. The first kappa shape index (κ1) is 32.3. The summed E-state index contributed by atoms with van der Waals surface area (Å²) in [6.45, 7) is 25.1. The second-order valence-electron chi connectivity index (χ2n) is 13.8. The van der Waals surface area contributed by atoms with Crippen LogP contribution < -0.4 is 20.3 Å². The van der Waals surface area contributed by atoms with Gasteiger partial charge in [0.15, 0.2) is 0 Å². The zero-order valence-corrected chi connectivity index (χ0v) is 28.3. The molecule has 6 rings (SSSR count). The van der Waals surface area contributed by atoms with E-state index in [1.54, 1.807) is 6.92 Å². The Morgan fingerprint density at radius 1 is 1.17 bits per heavy atom. The molecular weight excluding hydrogens is 577 g/mol. The van der Waals surface area contributed by atoms with Gasteiger partial charge in [-0.3, -0.25) is 0 Å². The molecule has 0 spiro atoms. The van der Waals surface area contributed by atoms with Crippen LogP contribution in [0, 0.1) is 12.8 Å². The molecule has 4 aliphatic heterocycles. The summed E-state index contributed by atoms with van der Waals surface area (Å²) in [4.78, 5) is 9.44. The molecule has 0 aliphatic carbocycles. The Kier molecular flexibility index (Phi) is 9.31. The number of hydrogen-bond acceptors (Lipinski definition) is 7. The lowest BCUT2D eigenvalue weighted by molar-refractivity contribution is 0.00795. The van der Waals surface area contributed by atoms with Crippen molar-refractivity contribution in [2.45, 2.75) is 65.7 Å². The number of piperidine rings is 1. The number of pyridine rings is 1. The summed E-state index contributed by atoms with van der Waals surface area (Å²) >= 11 is 0. The number of dihydropyridines is 1. The van der Waals surface area contributed by atoms with Crippen molar-refractivity contribution in [2.24, 2.45) is 5.92 Å². The molecule has 0 radical (unpaired) electrons. The molecule has 0 bridgehead atoms. The maximum Gasteiger partial charge on any atom is 0.128 e. The van der Waals surface area contributed by atoms with E-state index in [1.807, 2.05) is 6.20 Å². The van der Waals surface area contributed by atoms with Crippen LogP contribution in [0.1, 0.15) is 57.2 Å². The van der Waals surface area contributed by atoms with Crippen LogP contribution >= 0.6 is 0 Å². The Labute approximate surface area is 274 Å². The summed E-state index contributed by atoms with van der Waals surface area (Å²) in [5.41, 5.74) is 10.5. The van der Waals surface area contributed by atoms with E-state index >= 15 is 0 Å². The summed E-state index contributed by atoms with van der Waals surface area (Å²) in [6.07, 6.45) is 6.18. The van der Waals surface area contributed by atoms with E-state index in [0.717, 1.165) is 115 Å². The zero-order chi connectivity index (χ0) is 32.6. The third-order valence-electron chi connectivity index (χ3n) is 10.3. The lowest BCUT2D eigenvalue weighted by atomic mass is 9.78. The van der Waals surface area contributed by atoms with E-state index in [1.165, 1.54) is 11.1 Å². The highest BCUT2D eigenvalue weighted by atomic mass is 19.1. The molecule has 7 nitrogen and oxygen atoms in total. The van der Waals surface area contributed by atoms with E-state index in [9.17, 15) is 4.39 Å². The van der Waals surface area contributed by atoms with Gasteiger partial charge in [0.05, 0.1) is 13.2 Å². The number of ether oxygens (including phenoxy) is 2. The van der Waals surface area contributed by atoms with Crippen molar-refractivity contribution < 1.29 is 13.9 Å². The first-order valence-electron chi connectivity index (χ1n) is 16.8. The van der Waals surface area contributed by atoms with Gasteiger partial charge in [0.25, 0.3) is 0 Å². The third-order valence-corrected chi connectivity index (χ3v) is 10.3. The minimum Gasteiger partial charge on any atom is -0.486 e. The van der Waals surface area contributed by atoms with Crippen LogP contribution in [0.25, 0.3) is 16.8 Å². The van der Waals surface area contributed by atoms with Gasteiger partial charge >= 0.3 is 0 Å². The van der Waals surface area contributed by atoms with Crippen molar-refractivity contribution in [2.75, 3.05) is 57.4 Å². The first-order valence-corrected chi connectivity index (χ1v) is 16.8. The lowest BCUT2D eigenvalue weighted by Crippen LogP contribution is -2.47. The van der Waals surface area contributed by atoms with Crippen LogP contribution in [0.5, 0.6) is 5.75 Å². The number of nitrogens with one attached hydrogen (secondary N) is 2. The average molecular weight is 628 g/mol. The second kappa shape index (κ2) is 13.2. The maximum atomic E-state index is 13.7. The van der Waals surface area contributed by atoms with Gasteiger partial charge in [-0.05, 0) is 102 Å². The monoisotopic (exact) mass is 627 g/mol. The number of hydrogen-bond donors (Lipinski definition) is 2. The molecule has 2 unspecified atom stereocenters. The number of aromatic nitrogens is 1. The van der Waals surface area contributed by atoms with Gasteiger partial charge in [-0.15, -0.1) is 0 Å². The molecule has 2 saturated heterocycles. The Morgan fingerprint density at radius 3 is 2.57 bits per heavy atom. The minimum atomic E-state index is -0.805. The number of likely N-dealkylation sites (tertiary alicyclic amines) is 1. The number of benzene rings is 1. The van der Waals surface area contributed by atoms with E-state index < -0.39 is 6.17 Å². The molecule has 8 heteroatoms. The van der Waals surface area contributed by atoms with Gasteiger partial charge in [-0.2, -0.15) is 0 Å². The molecule has 0 amide bonds. The second-order valence-corrected chi connectivity index (χ2v) is 13.8. The molecule has 2 atom stereocenters. The van der Waals surface area contributed by atoms with Gasteiger partial charge in [-0.1, -0.05) is 13.2 Å². The quantitative estimate of drug-likeness (QED) is 0.327. The number of anilines is 1. The van der Waals surface area contributed by atoms with Crippen molar-refractivity contribution in [3.05, 3.63) is 82.9 Å². The first-order chi connectivity index (χ1) is 22.0. The van der Waals surface area contributed by atoms with Crippen molar-refractivity contribution in [3.63, 3.8) is 0 Å². The molecular formula is C38H50FN5O2. The summed E-state index contributed by atoms with van der Waals surface area (Å²) < 4.78 is 26.3. The fourth-order valence-electron chi connectivity index (χ4n) is 7.69. The Morgan fingerprint density at radius 2 is 1.91 bits per heavy atom. The van der Waals surface area contributed by atoms with Gasteiger partial charge in [0.2, 0.25) is 0 Å². The van der Waals surface area contributed by atoms with Crippen LogP contribution in [-0.2, 0) is 11.2 Å². The number of alkyl halides is 1. The normalized spacial score (nSPS) is 23.0. The van der Waals surface area contributed by atoms with Gasteiger partial charge in [-0.25, -0.2) is 9.37 Å². The van der Waals surface area contributed by atoms with Crippen molar-refractivity contribution >= 4 is 11.5 Å². The molecule has 2 aromatic rings. The highest BCUT2D eigenvalue weighted by molar-refractivity contribution is 5.80. The summed E-state index contributed by atoms with van der Waals surface area (Å²) in [7, 11) is 0. The highest BCUT2D eigenvalue weighted by Crippen LogP contribution is 2.49. The highest BCUT2D eigenvalue weighted by Gasteiger charge is 2.45. The van der Waals surface area contributed by atoms with E-state index in [4.69, 9.17) is 14.5 Å². The van der Waals surface area contributed by atoms with E-state index in [2.05, 4.69) is 85.6 Å². The van der Waals surface area contributed by atoms with Crippen molar-refractivity contribution in [1.29, 1.82) is 0 Å². The number of morpholine rings is 1. The number of nitrogens with zero attached hydrogens (tertiary/aromatic N) is 3. The zero-order valence-electron chi connectivity index (χ0n) is 28.3. The molecule has 1 aromatic carbocycles. The Bertz CT molecular complexity index is 1550. The average Bonchev–Trinajstić information content (AvgIpc) is 3.40. The van der Waals surface area contributed by atoms with Crippen LogP contribution in [0.4, 0.5) is 10.2 Å². The van der Waals surface area contributed by atoms with Gasteiger partial charge in [0.1, 0.15) is 23.3 Å². The van der Waals surface area contributed by atoms with Gasteiger partial charge < -0.3 is 29.9 Å². The van der Waals surface area contributed by atoms with Crippen LogP contribution in [0.15, 0.2) is 66.2 Å². The third kappa shape index (κ3) is 6.60. The number of halogens is 1. The van der Waals surface area contributed by atoms with Crippen LogP contribution in [0.2, 0.25) is 0 Å². The molecule has 5 heterocycles. The predicted octanol–water partition coefficient (Wildman–Crippen LogP) is 6.55. The Hall–Kier alpha value is -3.62. The molecule has 2 fully saturated rings. The molecule has 4 aliphatic rings. The van der Waals surface area contributed by atoms with Crippen molar-refractivity contribution in [3.8, 4) is 16.9 Å². The summed E-state index contributed by atoms with van der Waals surface area (Å²) in [5.74, 6) is 2.33. The van der Waals surface area contributed by atoms with Crippen LogP contribution in [0.3, 0.4) is 0 Å². The van der Waals surface area contributed by atoms with E-state index in [-0.39, 0.29) is 5.60 Å². The molecule has 46 heavy (non-hydrogen) atoms. The largest absolute Gasteiger partial charge is 0.486 e. The number of fused-ring (bicyclic) bond motifs is 1. The SMILES string of the molecule is C=C1NC(C)=CC(C)=C1CNC(=C)c1cc(-c2ccc(N3CCOCC3)nc2)c2c(c1C)OC(C)(C1CCN(CC(C)F)CC1)C2. The number of rotatable bonds is 9. The number of allylic oxidation sites excluding steroid dienone is 3. The fraction of sp³-hybridized carbons (Fsp3) is 0.500. The summed E-state index contributed by atoms with van der Waals surface area (Å²) in [6, 6.07) is 6.59. The molecule has 246 valence electrons. The lowest BCUT2D eigenvalue weighted by Gasteiger charge is -2.40. The van der Waals surface area contributed by atoms with Crippen molar-refractivity contribution in [1.82, 2.24) is 20.5 Å². The smallest absolute Gasteiger partial charge is 0.128 e.